The van der Waals surface area contributed by atoms with Gasteiger partial charge in [-0.15, -0.1) is 0 Å². The van der Waals surface area contributed by atoms with Crippen LogP contribution < -0.4 is 0 Å². The van der Waals surface area contributed by atoms with Gasteiger partial charge in [-0.05, 0) is 38.6 Å². The van der Waals surface area contributed by atoms with Gasteiger partial charge >= 0.3 is 0 Å². The van der Waals surface area contributed by atoms with Crippen LogP contribution in [-0.4, -0.2) is 62.7 Å². The molecule has 0 spiro atoms. The van der Waals surface area contributed by atoms with Gasteiger partial charge in [0, 0.05) is 44.9 Å². The van der Waals surface area contributed by atoms with E-state index in [1.807, 2.05) is 0 Å². The Kier molecular flexibility index (Phi) is 5.42. The number of ether oxygens (including phenoxy) is 2. The third-order valence-electron chi connectivity index (χ3n) is 4.57. The van der Waals surface area contributed by atoms with Gasteiger partial charge in [0.2, 0.25) is 0 Å². The Bertz CT molecular complexity index is 243. The molecule has 1 N–H and O–H groups in total. The van der Waals surface area contributed by atoms with E-state index >= 15 is 0 Å². The highest BCUT2D eigenvalue weighted by Crippen LogP contribution is 2.35. The zero-order chi connectivity index (χ0) is 12.8. The van der Waals surface area contributed by atoms with Gasteiger partial charge in [0.15, 0.2) is 0 Å². The van der Waals surface area contributed by atoms with Gasteiger partial charge < -0.3 is 14.6 Å². The van der Waals surface area contributed by atoms with E-state index in [1.165, 1.54) is 13.0 Å². The molecule has 2 aliphatic rings. The van der Waals surface area contributed by atoms with E-state index in [2.05, 4.69) is 4.90 Å². The molecule has 0 saturated carbocycles. The molecule has 4 nitrogen and oxygen atoms in total. The van der Waals surface area contributed by atoms with Crippen LogP contribution in [0.25, 0.3) is 0 Å². The monoisotopic (exact) mass is 257 g/mol. The van der Waals surface area contributed by atoms with Crippen LogP contribution in [0.4, 0.5) is 0 Å². The second kappa shape index (κ2) is 6.85. The van der Waals surface area contributed by atoms with E-state index in [1.54, 1.807) is 7.11 Å². The largest absolute Gasteiger partial charge is 0.396 e. The van der Waals surface area contributed by atoms with Crippen LogP contribution in [0.3, 0.4) is 0 Å². The molecule has 0 unspecified atom stereocenters. The molecule has 0 bridgehead atoms. The fourth-order valence-corrected chi connectivity index (χ4v) is 3.34. The second-order valence-corrected chi connectivity index (χ2v) is 5.82. The Labute approximate surface area is 110 Å². The maximum absolute atomic E-state index is 9.78. The molecular formula is C14H27NO3. The quantitative estimate of drug-likeness (QED) is 0.805. The average Bonchev–Trinajstić information content (AvgIpc) is 2.46. The fraction of sp³-hybridized carbons (Fsp3) is 1.00. The van der Waals surface area contributed by atoms with Crippen molar-refractivity contribution in [2.75, 3.05) is 46.6 Å². The highest BCUT2D eigenvalue weighted by molar-refractivity contribution is 4.89. The van der Waals surface area contributed by atoms with E-state index in [0.717, 1.165) is 52.0 Å². The number of likely N-dealkylation sites (tertiary alicyclic amines) is 1. The second-order valence-electron chi connectivity index (χ2n) is 5.82. The molecule has 18 heavy (non-hydrogen) atoms. The van der Waals surface area contributed by atoms with Crippen LogP contribution >= 0.6 is 0 Å². The van der Waals surface area contributed by atoms with Gasteiger partial charge in [-0.1, -0.05) is 0 Å². The van der Waals surface area contributed by atoms with Gasteiger partial charge in [0.25, 0.3) is 0 Å². The Morgan fingerprint density at radius 2 is 2.17 bits per heavy atom. The lowest BCUT2D eigenvalue weighted by Gasteiger charge is -2.46. The van der Waals surface area contributed by atoms with Crippen molar-refractivity contribution in [3.05, 3.63) is 0 Å². The van der Waals surface area contributed by atoms with Crippen LogP contribution in [0.15, 0.2) is 0 Å². The molecule has 2 aliphatic heterocycles. The van der Waals surface area contributed by atoms with Crippen LogP contribution in [0.5, 0.6) is 0 Å². The van der Waals surface area contributed by atoms with Crippen molar-refractivity contribution in [3.63, 3.8) is 0 Å². The Morgan fingerprint density at radius 1 is 1.39 bits per heavy atom. The predicted octanol–water partition coefficient (Wildman–Crippen LogP) is 1.28. The SMILES string of the molecule is COCC[C@]1(CO)CCCN(C2CCOCC2)C1. The van der Waals surface area contributed by atoms with E-state index in [0.29, 0.717) is 6.04 Å². The first-order valence-electron chi connectivity index (χ1n) is 7.21. The minimum Gasteiger partial charge on any atom is -0.396 e. The van der Waals surface area contributed by atoms with Gasteiger partial charge in [-0.3, -0.25) is 4.90 Å². The molecule has 0 amide bonds. The van der Waals surface area contributed by atoms with Crippen molar-refractivity contribution < 1.29 is 14.6 Å². The molecule has 0 radical (unpaired) electrons. The van der Waals surface area contributed by atoms with Crippen LogP contribution in [0, 0.1) is 5.41 Å². The van der Waals surface area contributed by atoms with E-state index in [-0.39, 0.29) is 12.0 Å². The van der Waals surface area contributed by atoms with Crippen molar-refractivity contribution in [2.45, 2.75) is 38.1 Å². The highest BCUT2D eigenvalue weighted by Gasteiger charge is 2.37. The van der Waals surface area contributed by atoms with Gasteiger partial charge in [0.05, 0.1) is 6.61 Å². The van der Waals surface area contributed by atoms with E-state index in [4.69, 9.17) is 9.47 Å². The van der Waals surface area contributed by atoms with E-state index < -0.39 is 0 Å². The van der Waals surface area contributed by atoms with Crippen LogP contribution in [-0.2, 0) is 9.47 Å². The van der Waals surface area contributed by atoms with Gasteiger partial charge in [-0.2, -0.15) is 0 Å². The molecule has 1 atom stereocenters. The van der Waals surface area contributed by atoms with Crippen molar-refractivity contribution in [1.29, 1.82) is 0 Å². The number of hydrogen-bond donors (Lipinski definition) is 1. The maximum atomic E-state index is 9.78. The topological polar surface area (TPSA) is 41.9 Å². The molecular weight excluding hydrogens is 230 g/mol. The van der Waals surface area contributed by atoms with Crippen LogP contribution in [0.2, 0.25) is 0 Å². The minimum atomic E-state index is 0.0621. The smallest absolute Gasteiger partial charge is 0.0500 e. The molecule has 2 heterocycles. The molecule has 106 valence electrons. The number of aliphatic hydroxyl groups excluding tert-OH is 1. The molecule has 2 rings (SSSR count). The minimum absolute atomic E-state index is 0.0621. The summed E-state index contributed by atoms with van der Waals surface area (Å²) in [4.78, 5) is 2.58. The summed E-state index contributed by atoms with van der Waals surface area (Å²) in [5.41, 5.74) is 0.0621. The van der Waals surface area contributed by atoms with Crippen molar-refractivity contribution >= 4 is 0 Å². The number of methoxy groups -OCH3 is 1. The Balaban J connectivity index is 1.92. The van der Waals surface area contributed by atoms with Crippen molar-refractivity contribution in [1.82, 2.24) is 4.90 Å². The number of aliphatic hydroxyl groups is 1. The zero-order valence-corrected chi connectivity index (χ0v) is 11.6. The van der Waals surface area contributed by atoms with E-state index in [9.17, 15) is 5.11 Å². The summed E-state index contributed by atoms with van der Waals surface area (Å²) in [6.45, 7) is 5.03. The lowest BCUT2D eigenvalue weighted by Crippen LogP contribution is -2.51. The molecule has 4 heteroatoms. The van der Waals surface area contributed by atoms with Crippen LogP contribution in [0.1, 0.15) is 32.1 Å². The number of nitrogens with zero attached hydrogens (tertiary/aromatic N) is 1. The third kappa shape index (κ3) is 3.44. The third-order valence-corrected chi connectivity index (χ3v) is 4.57. The summed E-state index contributed by atoms with van der Waals surface area (Å²) in [5.74, 6) is 0. The van der Waals surface area contributed by atoms with Gasteiger partial charge in [0.1, 0.15) is 0 Å². The molecule has 0 aromatic rings. The number of hydrogen-bond acceptors (Lipinski definition) is 4. The first-order chi connectivity index (χ1) is 8.79. The lowest BCUT2D eigenvalue weighted by atomic mass is 9.77. The van der Waals surface area contributed by atoms with Crippen molar-refractivity contribution in [3.8, 4) is 0 Å². The first-order valence-corrected chi connectivity index (χ1v) is 7.21. The standard InChI is InChI=1S/C14H27NO3/c1-17-10-6-14(12-16)5-2-7-15(11-14)13-3-8-18-9-4-13/h13,16H,2-12H2,1H3/t14-/m1/s1. The number of piperidine rings is 1. The fourth-order valence-electron chi connectivity index (χ4n) is 3.34. The zero-order valence-electron chi connectivity index (χ0n) is 11.6. The maximum Gasteiger partial charge on any atom is 0.0500 e. The Morgan fingerprint density at radius 3 is 2.83 bits per heavy atom. The Hall–Kier alpha value is -0.160. The van der Waals surface area contributed by atoms with Gasteiger partial charge in [-0.25, -0.2) is 0 Å². The first kappa shape index (κ1) is 14.3. The summed E-state index contributed by atoms with van der Waals surface area (Å²) in [6.07, 6.45) is 5.59. The molecule has 0 aliphatic carbocycles. The summed E-state index contributed by atoms with van der Waals surface area (Å²) in [5, 5.41) is 9.78. The summed E-state index contributed by atoms with van der Waals surface area (Å²) in [6, 6.07) is 0.660. The highest BCUT2D eigenvalue weighted by atomic mass is 16.5. The number of rotatable bonds is 5. The summed E-state index contributed by atoms with van der Waals surface area (Å²) in [7, 11) is 1.74. The molecule has 2 fully saturated rings. The molecule has 0 aromatic heterocycles. The van der Waals surface area contributed by atoms with Crippen molar-refractivity contribution in [2.24, 2.45) is 5.41 Å². The predicted molar refractivity (Wildman–Crippen MR) is 70.7 cm³/mol. The average molecular weight is 257 g/mol. The molecule has 2 saturated heterocycles. The molecule has 0 aromatic carbocycles. The normalized spacial score (nSPS) is 31.7. The summed E-state index contributed by atoms with van der Waals surface area (Å²) < 4.78 is 10.6. The summed E-state index contributed by atoms with van der Waals surface area (Å²) >= 11 is 0. The lowest BCUT2D eigenvalue weighted by molar-refractivity contribution is -0.0339.